The molecular weight excluding hydrogens is 434 g/mol. The standard InChI is InChI=1S/C31H35NO3/c1-7-31(6,8-2)27-18-23(22-12-16-35-20-22)17-25-24(27)19-26(28(25)33)29(34)32-14-10-21(11-15-32)9-13-30(3,4)5/h7,10,12,16-18,20,26H,1,8,11,14-15,19H2,2-6H3. The second kappa shape index (κ2) is 9.38. The zero-order valence-corrected chi connectivity index (χ0v) is 21.5. The quantitative estimate of drug-likeness (QED) is 0.291. The van der Waals surface area contributed by atoms with E-state index in [1.807, 2.05) is 24.3 Å². The average Bonchev–Trinajstić information content (AvgIpc) is 3.50. The van der Waals surface area contributed by atoms with Crippen molar-refractivity contribution in [2.24, 2.45) is 11.3 Å². The van der Waals surface area contributed by atoms with Gasteiger partial charge in [0.1, 0.15) is 5.92 Å². The van der Waals surface area contributed by atoms with Gasteiger partial charge in [-0.15, -0.1) is 6.58 Å². The molecule has 4 rings (SSSR count). The van der Waals surface area contributed by atoms with E-state index in [1.165, 1.54) is 0 Å². The first-order valence-electron chi connectivity index (χ1n) is 12.4. The Morgan fingerprint density at radius 2 is 2.03 bits per heavy atom. The summed E-state index contributed by atoms with van der Waals surface area (Å²) in [7, 11) is 0. The molecule has 2 unspecified atom stereocenters. The smallest absolute Gasteiger partial charge is 0.234 e. The van der Waals surface area contributed by atoms with E-state index in [1.54, 1.807) is 17.4 Å². The fraction of sp³-hybridized carbons (Fsp3) is 0.419. The summed E-state index contributed by atoms with van der Waals surface area (Å²) in [6.07, 6.45) is 9.31. The zero-order chi connectivity index (χ0) is 25.4. The van der Waals surface area contributed by atoms with Crippen LogP contribution in [-0.2, 0) is 16.6 Å². The van der Waals surface area contributed by atoms with Crippen molar-refractivity contribution in [3.05, 3.63) is 71.7 Å². The molecule has 2 atom stereocenters. The van der Waals surface area contributed by atoms with Gasteiger partial charge in [0, 0.05) is 40.6 Å². The molecule has 1 aromatic heterocycles. The number of carbonyl (C=O) groups excluding carboxylic acids is 2. The lowest BCUT2D eigenvalue weighted by Crippen LogP contribution is -2.41. The number of allylic oxidation sites excluding steroid dienone is 1. The lowest BCUT2D eigenvalue weighted by Gasteiger charge is -2.28. The Morgan fingerprint density at radius 1 is 1.26 bits per heavy atom. The summed E-state index contributed by atoms with van der Waals surface area (Å²) < 4.78 is 5.30. The highest BCUT2D eigenvalue weighted by Crippen LogP contribution is 2.41. The van der Waals surface area contributed by atoms with Crippen molar-refractivity contribution in [2.45, 2.75) is 59.3 Å². The van der Waals surface area contributed by atoms with Gasteiger partial charge in [-0.3, -0.25) is 9.59 Å². The van der Waals surface area contributed by atoms with Crippen molar-refractivity contribution in [3.63, 3.8) is 0 Å². The highest BCUT2D eigenvalue weighted by Gasteiger charge is 2.41. The molecule has 1 aromatic carbocycles. The highest BCUT2D eigenvalue weighted by atomic mass is 16.3. The van der Waals surface area contributed by atoms with Crippen molar-refractivity contribution >= 4 is 11.7 Å². The Hall–Kier alpha value is -3.32. The van der Waals surface area contributed by atoms with Crippen LogP contribution < -0.4 is 0 Å². The van der Waals surface area contributed by atoms with Gasteiger partial charge in [-0.05, 0) is 74.9 Å². The lowest BCUT2D eigenvalue weighted by atomic mass is 9.76. The summed E-state index contributed by atoms with van der Waals surface area (Å²) in [5, 5.41) is 0. The number of furan rings is 1. The molecule has 0 saturated heterocycles. The van der Waals surface area contributed by atoms with Gasteiger partial charge in [0.05, 0.1) is 12.5 Å². The first kappa shape index (κ1) is 24.8. The van der Waals surface area contributed by atoms with Gasteiger partial charge in [0.2, 0.25) is 5.91 Å². The van der Waals surface area contributed by atoms with E-state index in [-0.39, 0.29) is 22.5 Å². The van der Waals surface area contributed by atoms with Gasteiger partial charge >= 0.3 is 0 Å². The zero-order valence-electron chi connectivity index (χ0n) is 21.5. The summed E-state index contributed by atoms with van der Waals surface area (Å²) in [6, 6.07) is 5.96. The number of nitrogens with zero attached hydrogens (tertiary/aromatic N) is 1. The highest BCUT2D eigenvalue weighted by molar-refractivity contribution is 6.14. The number of hydrogen-bond acceptors (Lipinski definition) is 3. The van der Waals surface area contributed by atoms with E-state index in [4.69, 9.17) is 4.42 Å². The SMILES string of the molecule is C=CC(C)(CC)c1cc(-c2ccoc2)cc2c1CC(C(=O)N1CC=C(C#CC(C)(C)C)CC1)C2=O. The van der Waals surface area contributed by atoms with E-state index in [2.05, 4.69) is 59.1 Å². The van der Waals surface area contributed by atoms with Crippen LogP contribution in [0.2, 0.25) is 0 Å². The maximum Gasteiger partial charge on any atom is 0.234 e. The first-order chi connectivity index (χ1) is 16.6. The molecular formula is C31H35NO3. The summed E-state index contributed by atoms with van der Waals surface area (Å²) in [5.74, 6) is 5.68. The molecule has 4 nitrogen and oxygen atoms in total. The van der Waals surface area contributed by atoms with Crippen molar-refractivity contribution < 1.29 is 14.0 Å². The summed E-state index contributed by atoms with van der Waals surface area (Å²) in [5.41, 5.74) is 5.28. The summed E-state index contributed by atoms with van der Waals surface area (Å²) in [4.78, 5) is 28.9. The minimum absolute atomic E-state index is 0.0543. The molecule has 2 aromatic rings. The second-order valence-corrected chi connectivity index (χ2v) is 10.9. The number of ketones is 1. The molecule has 0 saturated carbocycles. The molecule has 4 heteroatoms. The molecule has 0 fully saturated rings. The van der Waals surface area contributed by atoms with Crippen LogP contribution in [0.4, 0.5) is 0 Å². The molecule has 182 valence electrons. The minimum atomic E-state index is -0.676. The molecule has 0 spiro atoms. The van der Waals surface area contributed by atoms with Crippen molar-refractivity contribution in [1.29, 1.82) is 0 Å². The number of amides is 1. The van der Waals surface area contributed by atoms with Gasteiger partial charge in [-0.1, -0.05) is 37.8 Å². The molecule has 0 N–H and O–H groups in total. The van der Waals surface area contributed by atoms with Gasteiger partial charge in [0.15, 0.2) is 5.78 Å². The Balaban J connectivity index is 1.64. The number of hydrogen-bond donors (Lipinski definition) is 0. The van der Waals surface area contributed by atoms with Crippen molar-refractivity contribution in [2.75, 3.05) is 13.1 Å². The third-order valence-electron chi connectivity index (χ3n) is 7.31. The third kappa shape index (κ3) is 4.91. The summed E-state index contributed by atoms with van der Waals surface area (Å²) >= 11 is 0. The van der Waals surface area contributed by atoms with Gasteiger partial charge in [-0.25, -0.2) is 0 Å². The molecule has 35 heavy (non-hydrogen) atoms. The van der Waals surface area contributed by atoms with Gasteiger partial charge < -0.3 is 9.32 Å². The largest absolute Gasteiger partial charge is 0.472 e. The van der Waals surface area contributed by atoms with Gasteiger partial charge in [0.25, 0.3) is 0 Å². The Morgan fingerprint density at radius 3 is 2.60 bits per heavy atom. The number of benzene rings is 1. The summed E-state index contributed by atoms with van der Waals surface area (Å²) in [6.45, 7) is 15.7. The van der Waals surface area contributed by atoms with E-state index < -0.39 is 5.92 Å². The van der Waals surface area contributed by atoms with E-state index in [9.17, 15) is 9.59 Å². The molecule has 1 aliphatic carbocycles. The fourth-order valence-corrected chi connectivity index (χ4v) is 4.82. The minimum Gasteiger partial charge on any atom is -0.472 e. The van der Waals surface area contributed by atoms with Crippen LogP contribution in [-0.4, -0.2) is 29.7 Å². The second-order valence-electron chi connectivity index (χ2n) is 10.9. The Kier molecular flexibility index (Phi) is 6.64. The first-order valence-corrected chi connectivity index (χ1v) is 12.4. The number of Topliss-reactive ketones (excluding diaryl/α,β-unsaturated/α-hetero) is 1. The van der Waals surface area contributed by atoms with Crippen molar-refractivity contribution in [1.82, 2.24) is 4.90 Å². The number of fused-ring (bicyclic) bond motifs is 1. The van der Waals surface area contributed by atoms with Crippen LogP contribution in [0.15, 0.2) is 59.4 Å². The van der Waals surface area contributed by atoms with Gasteiger partial charge in [-0.2, -0.15) is 0 Å². The van der Waals surface area contributed by atoms with Crippen molar-refractivity contribution in [3.8, 4) is 23.0 Å². The van der Waals surface area contributed by atoms with Crippen LogP contribution in [0.5, 0.6) is 0 Å². The van der Waals surface area contributed by atoms with Crippen LogP contribution in [0.3, 0.4) is 0 Å². The van der Waals surface area contributed by atoms with E-state index in [0.29, 0.717) is 25.1 Å². The Labute approximate surface area is 209 Å². The molecule has 1 amide bonds. The Bertz CT molecular complexity index is 1250. The maximum absolute atomic E-state index is 13.6. The lowest BCUT2D eigenvalue weighted by molar-refractivity contribution is -0.133. The van der Waals surface area contributed by atoms with Crippen LogP contribution in [0, 0.1) is 23.2 Å². The predicted octanol–water partition coefficient (Wildman–Crippen LogP) is 6.36. The fourth-order valence-electron chi connectivity index (χ4n) is 4.82. The molecule has 1 aliphatic heterocycles. The topological polar surface area (TPSA) is 50.5 Å². The van der Waals surface area contributed by atoms with Crippen LogP contribution in [0.1, 0.15) is 68.9 Å². The van der Waals surface area contributed by atoms with E-state index >= 15 is 0 Å². The van der Waals surface area contributed by atoms with Crippen LogP contribution >= 0.6 is 0 Å². The third-order valence-corrected chi connectivity index (χ3v) is 7.31. The average molecular weight is 470 g/mol. The molecule has 0 radical (unpaired) electrons. The number of rotatable bonds is 5. The molecule has 2 aliphatic rings. The predicted molar refractivity (Wildman–Crippen MR) is 140 cm³/mol. The monoisotopic (exact) mass is 469 g/mol. The van der Waals surface area contributed by atoms with E-state index in [0.717, 1.165) is 40.7 Å². The normalized spacial score (nSPS) is 19.3. The molecule has 2 heterocycles. The number of carbonyl (C=O) groups is 2. The maximum atomic E-state index is 13.6. The molecule has 0 bridgehead atoms. The van der Waals surface area contributed by atoms with Crippen LogP contribution in [0.25, 0.3) is 11.1 Å².